The number of furan rings is 1. The van der Waals surface area contributed by atoms with Crippen LogP contribution in [0.2, 0.25) is 0 Å². The van der Waals surface area contributed by atoms with Crippen molar-refractivity contribution >= 4 is 5.96 Å². The lowest BCUT2D eigenvalue weighted by Gasteiger charge is -2.26. The van der Waals surface area contributed by atoms with Gasteiger partial charge >= 0.3 is 0 Å². The fraction of sp³-hybridized carbons (Fsp3) is 0.421. The first-order valence-corrected chi connectivity index (χ1v) is 8.17. The molecule has 0 atom stereocenters. The molecule has 1 aromatic heterocycles. The number of nitrogens with one attached hydrogen (secondary N) is 2. The summed E-state index contributed by atoms with van der Waals surface area (Å²) in [6, 6.07) is 14.4. The van der Waals surface area contributed by atoms with Crippen LogP contribution in [0.4, 0.5) is 0 Å². The summed E-state index contributed by atoms with van der Waals surface area (Å²) in [5.41, 5.74) is 1.50. The van der Waals surface area contributed by atoms with E-state index in [-0.39, 0.29) is 5.41 Å². The Bertz CT molecular complexity index is 588. The first kappa shape index (κ1) is 17.1. The molecule has 0 saturated heterocycles. The minimum Gasteiger partial charge on any atom is -0.467 e. The molecule has 2 rings (SSSR count). The van der Waals surface area contributed by atoms with Gasteiger partial charge in [0.25, 0.3) is 0 Å². The highest BCUT2D eigenvalue weighted by Crippen LogP contribution is 2.20. The zero-order valence-corrected chi connectivity index (χ0v) is 14.3. The van der Waals surface area contributed by atoms with Crippen molar-refractivity contribution < 1.29 is 4.42 Å². The molecule has 0 amide bonds. The summed E-state index contributed by atoms with van der Waals surface area (Å²) in [4.78, 5) is 4.57. The van der Waals surface area contributed by atoms with Crippen molar-refractivity contribution in [3.05, 3.63) is 60.1 Å². The normalized spacial score (nSPS) is 12.2. The highest BCUT2D eigenvalue weighted by molar-refractivity contribution is 5.79. The first-order chi connectivity index (χ1) is 11.1. The van der Waals surface area contributed by atoms with Gasteiger partial charge in [-0.15, -0.1) is 0 Å². The number of aliphatic imine (C=N–C) groups is 1. The minimum absolute atomic E-state index is 0.141. The van der Waals surface area contributed by atoms with Crippen LogP contribution >= 0.6 is 0 Å². The van der Waals surface area contributed by atoms with Crippen molar-refractivity contribution in [2.24, 2.45) is 10.4 Å². The van der Waals surface area contributed by atoms with Gasteiger partial charge in [-0.3, -0.25) is 0 Å². The lowest BCUT2D eigenvalue weighted by molar-refractivity contribution is 0.359. The lowest BCUT2D eigenvalue weighted by Crippen LogP contribution is -2.42. The maximum Gasteiger partial charge on any atom is 0.191 e. The number of guanidine groups is 1. The van der Waals surface area contributed by atoms with Gasteiger partial charge in [0, 0.05) is 13.1 Å². The summed E-state index contributed by atoms with van der Waals surface area (Å²) in [7, 11) is 0. The van der Waals surface area contributed by atoms with E-state index in [1.165, 1.54) is 5.56 Å². The van der Waals surface area contributed by atoms with Crippen molar-refractivity contribution in [2.75, 3.05) is 13.1 Å². The Labute approximate surface area is 139 Å². The third kappa shape index (κ3) is 6.19. The van der Waals surface area contributed by atoms with Gasteiger partial charge in [-0.25, -0.2) is 4.99 Å². The molecule has 0 saturated carbocycles. The van der Waals surface area contributed by atoms with Crippen LogP contribution in [0.15, 0.2) is 58.1 Å². The van der Waals surface area contributed by atoms with E-state index < -0.39 is 0 Å². The Morgan fingerprint density at radius 3 is 2.52 bits per heavy atom. The molecule has 4 heteroatoms. The molecular weight excluding hydrogens is 286 g/mol. The number of benzene rings is 1. The SMILES string of the molecule is CCNC(=NCc1ccco1)NCC(C)(C)Cc1ccccc1. The molecule has 0 aliphatic heterocycles. The van der Waals surface area contributed by atoms with Crippen LogP contribution in [0.5, 0.6) is 0 Å². The molecule has 4 nitrogen and oxygen atoms in total. The van der Waals surface area contributed by atoms with Crippen molar-refractivity contribution in [2.45, 2.75) is 33.7 Å². The van der Waals surface area contributed by atoms with Crippen molar-refractivity contribution in [3.63, 3.8) is 0 Å². The van der Waals surface area contributed by atoms with E-state index in [2.05, 4.69) is 66.7 Å². The summed E-state index contributed by atoms with van der Waals surface area (Å²) in [6.45, 7) is 8.84. The van der Waals surface area contributed by atoms with Gasteiger partial charge in [0.15, 0.2) is 5.96 Å². The predicted molar refractivity (Wildman–Crippen MR) is 95.5 cm³/mol. The molecule has 23 heavy (non-hydrogen) atoms. The summed E-state index contributed by atoms with van der Waals surface area (Å²) in [5, 5.41) is 6.72. The molecule has 0 radical (unpaired) electrons. The second-order valence-electron chi connectivity index (χ2n) is 6.45. The van der Waals surface area contributed by atoms with Crippen LogP contribution in [-0.4, -0.2) is 19.0 Å². The number of rotatable bonds is 7. The quantitative estimate of drug-likeness (QED) is 0.606. The standard InChI is InChI=1S/C19H27N3O/c1-4-20-18(21-14-17-11-8-12-23-17)22-15-19(2,3)13-16-9-6-5-7-10-16/h5-12H,4,13-15H2,1-3H3,(H2,20,21,22). The first-order valence-electron chi connectivity index (χ1n) is 8.17. The maximum absolute atomic E-state index is 5.32. The van der Waals surface area contributed by atoms with E-state index in [1.807, 2.05) is 12.1 Å². The summed E-state index contributed by atoms with van der Waals surface area (Å²) in [5.74, 6) is 1.69. The minimum atomic E-state index is 0.141. The second-order valence-corrected chi connectivity index (χ2v) is 6.45. The van der Waals surface area contributed by atoms with Crippen LogP contribution in [0, 0.1) is 5.41 Å². The average Bonchev–Trinajstić information content (AvgIpc) is 3.04. The molecule has 0 unspecified atom stereocenters. The largest absolute Gasteiger partial charge is 0.467 e. The molecule has 0 aliphatic carbocycles. The lowest BCUT2D eigenvalue weighted by atomic mass is 9.86. The molecule has 0 spiro atoms. The van der Waals surface area contributed by atoms with Crippen LogP contribution in [-0.2, 0) is 13.0 Å². The molecule has 2 aromatic rings. The van der Waals surface area contributed by atoms with E-state index in [1.54, 1.807) is 6.26 Å². The second kappa shape index (κ2) is 8.42. The predicted octanol–water partition coefficient (Wildman–Crippen LogP) is 3.60. The van der Waals surface area contributed by atoms with E-state index in [0.717, 1.165) is 31.2 Å². The van der Waals surface area contributed by atoms with Gasteiger partial charge < -0.3 is 15.1 Å². The molecule has 1 heterocycles. The van der Waals surface area contributed by atoms with Crippen LogP contribution in [0.1, 0.15) is 32.1 Å². The monoisotopic (exact) mass is 313 g/mol. The molecule has 0 bridgehead atoms. The fourth-order valence-electron chi connectivity index (χ4n) is 2.44. The van der Waals surface area contributed by atoms with Crippen molar-refractivity contribution in [3.8, 4) is 0 Å². The number of hydrogen-bond donors (Lipinski definition) is 2. The highest BCUT2D eigenvalue weighted by atomic mass is 16.3. The third-order valence-electron chi connectivity index (χ3n) is 3.58. The topological polar surface area (TPSA) is 49.6 Å². The molecular formula is C19H27N3O. The zero-order chi connectivity index (χ0) is 16.5. The van der Waals surface area contributed by atoms with Gasteiger partial charge in [-0.05, 0) is 36.5 Å². The summed E-state index contributed by atoms with van der Waals surface area (Å²) >= 11 is 0. The van der Waals surface area contributed by atoms with Crippen molar-refractivity contribution in [1.29, 1.82) is 0 Å². The average molecular weight is 313 g/mol. The zero-order valence-electron chi connectivity index (χ0n) is 14.3. The highest BCUT2D eigenvalue weighted by Gasteiger charge is 2.19. The Balaban J connectivity index is 1.90. The van der Waals surface area contributed by atoms with Gasteiger partial charge in [0.1, 0.15) is 12.3 Å². The van der Waals surface area contributed by atoms with Gasteiger partial charge in [-0.1, -0.05) is 44.2 Å². The Morgan fingerprint density at radius 1 is 1.09 bits per heavy atom. The van der Waals surface area contributed by atoms with Gasteiger partial charge in [0.05, 0.1) is 6.26 Å². The van der Waals surface area contributed by atoms with E-state index in [0.29, 0.717) is 6.54 Å². The third-order valence-corrected chi connectivity index (χ3v) is 3.58. The summed E-state index contributed by atoms with van der Waals surface area (Å²) < 4.78 is 5.32. The maximum atomic E-state index is 5.32. The molecule has 1 aromatic carbocycles. The van der Waals surface area contributed by atoms with Crippen LogP contribution < -0.4 is 10.6 Å². The van der Waals surface area contributed by atoms with Crippen LogP contribution in [0.25, 0.3) is 0 Å². The molecule has 0 fully saturated rings. The number of hydrogen-bond acceptors (Lipinski definition) is 2. The van der Waals surface area contributed by atoms with Crippen LogP contribution in [0.3, 0.4) is 0 Å². The van der Waals surface area contributed by atoms with Crippen molar-refractivity contribution in [1.82, 2.24) is 10.6 Å². The number of nitrogens with zero attached hydrogens (tertiary/aromatic N) is 1. The van der Waals surface area contributed by atoms with Gasteiger partial charge in [0.2, 0.25) is 0 Å². The Morgan fingerprint density at radius 2 is 1.87 bits per heavy atom. The molecule has 124 valence electrons. The van der Waals surface area contributed by atoms with E-state index in [4.69, 9.17) is 4.42 Å². The fourth-order valence-corrected chi connectivity index (χ4v) is 2.44. The van der Waals surface area contributed by atoms with E-state index in [9.17, 15) is 0 Å². The smallest absolute Gasteiger partial charge is 0.191 e. The molecule has 0 aliphatic rings. The molecule has 2 N–H and O–H groups in total. The Kier molecular flexibility index (Phi) is 6.27. The van der Waals surface area contributed by atoms with E-state index >= 15 is 0 Å². The van der Waals surface area contributed by atoms with Gasteiger partial charge in [-0.2, -0.15) is 0 Å². The summed E-state index contributed by atoms with van der Waals surface area (Å²) in [6.07, 6.45) is 2.70. The Hall–Kier alpha value is -2.23.